The van der Waals surface area contributed by atoms with E-state index in [9.17, 15) is 9.59 Å². The molecule has 0 radical (unpaired) electrons. The molecule has 0 bridgehead atoms. The molecule has 0 aromatic heterocycles. The minimum atomic E-state index is -0.453. The maximum absolute atomic E-state index is 12.4. The van der Waals surface area contributed by atoms with E-state index in [1.165, 1.54) is 4.90 Å². The Morgan fingerprint density at radius 1 is 1.22 bits per heavy atom. The number of carbonyl (C=O) groups excluding carboxylic acids is 2. The van der Waals surface area contributed by atoms with Crippen LogP contribution in [0.4, 0.5) is 4.79 Å². The lowest BCUT2D eigenvalue weighted by Gasteiger charge is -2.17. The SMILES string of the molecule is COc1cc(CN2C(=O)NC(CC(C)C)C2=O)c(OC)cc1Br. The van der Waals surface area contributed by atoms with Crippen molar-refractivity contribution in [2.75, 3.05) is 14.2 Å². The predicted octanol–water partition coefficient (Wildman–Crippen LogP) is 2.93. The largest absolute Gasteiger partial charge is 0.496 e. The molecule has 1 aliphatic rings. The molecule has 1 aromatic carbocycles. The first-order chi connectivity index (χ1) is 10.9. The van der Waals surface area contributed by atoms with Crippen LogP contribution in [0.2, 0.25) is 0 Å². The molecule has 126 valence electrons. The third-order valence-electron chi connectivity index (χ3n) is 3.70. The predicted molar refractivity (Wildman–Crippen MR) is 89.6 cm³/mol. The molecule has 1 unspecified atom stereocenters. The fourth-order valence-electron chi connectivity index (χ4n) is 2.58. The Labute approximate surface area is 144 Å². The van der Waals surface area contributed by atoms with Crippen molar-refractivity contribution in [3.05, 3.63) is 22.2 Å². The van der Waals surface area contributed by atoms with Crippen molar-refractivity contribution in [3.8, 4) is 11.5 Å². The van der Waals surface area contributed by atoms with E-state index in [4.69, 9.17) is 9.47 Å². The number of hydrogen-bond donors (Lipinski definition) is 1. The summed E-state index contributed by atoms with van der Waals surface area (Å²) in [5.74, 6) is 1.33. The summed E-state index contributed by atoms with van der Waals surface area (Å²) in [5, 5.41) is 2.74. The van der Waals surface area contributed by atoms with E-state index in [0.29, 0.717) is 29.4 Å². The molecule has 1 saturated heterocycles. The zero-order chi connectivity index (χ0) is 17.1. The van der Waals surface area contributed by atoms with Gasteiger partial charge in [0, 0.05) is 5.56 Å². The molecule has 0 spiro atoms. The van der Waals surface area contributed by atoms with Gasteiger partial charge in [-0.25, -0.2) is 4.79 Å². The lowest BCUT2D eigenvalue weighted by atomic mass is 10.0. The first-order valence-electron chi connectivity index (χ1n) is 7.39. The van der Waals surface area contributed by atoms with Crippen molar-refractivity contribution < 1.29 is 19.1 Å². The van der Waals surface area contributed by atoms with Crippen LogP contribution < -0.4 is 14.8 Å². The van der Waals surface area contributed by atoms with Gasteiger partial charge in [-0.05, 0) is 40.4 Å². The van der Waals surface area contributed by atoms with Crippen molar-refractivity contribution in [1.82, 2.24) is 10.2 Å². The van der Waals surface area contributed by atoms with Crippen LogP contribution in [-0.2, 0) is 11.3 Å². The molecular weight excluding hydrogens is 364 g/mol. The molecule has 1 heterocycles. The van der Waals surface area contributed by atoms with Crippen LogP contribution in [0.15, 0.2) is 16.6 Å². The fraction of sp³-hybridized carbons (Fsp3) is 0.500. The number of halogens is 1. The Kier molecular flexibility index (Phi) is 5.51. The fourth-order valence-corrected chi connectivity index (χ4v) is 3.06. The van der Waals surface area contributed by atoms with Gasteiger partial charge in [0.1, 0.15) is 17.5 Å². The van der Waals surface area contributed by atoms with Gasteiger partial charge < -0.3 is 14.8 Å². The molecular formula is C16H21BrN2O4. The van der Waals surface area contributed by atoms with Crippen LogP contribution in [0.3, 0.4) is 0 Å². The van der Waals surface area contributed by atoms with Crippen molar-refractivity contribution in [3.63, 3.8) is 0 Å². The summed E-state index contributed by atoms with van der Waals surface area (Å²) in [4.78, 5) is 25.8. The van der Waals surface area contributed by atoms with E-state index in [1.807, 2.05) is 13.8 Å². The molecule has 0 aliphatic carbocycles. The van der Waals surface area contributed by atoms with Crippen LogP contribution >= 0.6 is 15.9 Å². The molecule has 1 atom stereocenters. The number of nitrogens with zero attached hydrogens (tertiary/aromatic N) is 1. The number of amides is 3. The van der Waals surface area contributed by atoms with E-state index < -0.39 is 6.04 Å². The number of methoxy groups -OCH3 is 2. The maximum Gasteiger partial charge on any atom is 0.325 e. The Morgan fingerprint density at radius 3 is 2.43 bits per heavy atom. The topological polar surface area (TPSA) is 67.9 Å². The van der Waals surface area contributed by atoms with E-state index >= 15 is 0 Å². The summed E-state index contributed by atoms with van der Waals surface area (Å²) in [7, 11) is 3.11. The van der Waals surface area contributed by atoms with Gasteiger partial charge in [0.05, 0.1) is 25.2 Å². The molecule has 1 N–H and O–H groups in total. The summed E-state index contributed by atoms with van der Waals surface area (Å²) in [6, 6.07) is 2.70. The molecule has 7 heteroatoms. The normalized spacial score (nSPS) is 17.7. The summed E-state index contributed by atoms with van der Waals surface area (Å²) in [5.41, 5.74) is 0.709. The lowest BCUT2D eigenvalue weighted by Crippen LogP contribution is -2.31. The monoisotopic (exact) mass is 384 g/mol. The van der Waals surface area contributed by atoms with Gasteiger partial charge in [0.15, 0.2) is 0 Å². The van der Waals surface area contributed by atoms with Gasteiger partial charge >= 0.3 is 6.03 Å². The van der Waals surface area contributed by atoms with E-state index in [-0.39, 0.29) is 18.5 Å². The minimum absolute atomic E-state index is 0.145. The molecule has 3 amide bonds. The highest BCUT2D eigenvalue weighted by Crippen LogP contribution is 2.34. The summed E-state index contributed by atoms with van der Waals surface area (Å²) in [6.45, 7) is 4.18. The van der Waals surface area contributed by atoms with Gasteiger partial charge in [-0.2, -0.15) is 0 Å². The van der Waals surface area contributed by atoms with E-state index in [1.54, 1.807) is 26.4 Å². The molecule has 23 heavy (non-hydrogen) atoms. The van der Waals surface area contributed by atoms with Gasteiger partial charge in [0.25, 0.3) is 5.91 Å². The van der Waals surface area contributed by atoms with Gasteiger partial charge in [-0.1, -0.05) is 13.8 Å². The molecule has 6 nitrogen and oxygen atoms in total. The van der Waals surface area contributed by atoms with Gasteiger partial charge in [0.2, 0.25) is 0 Å². The number of carbonyl (C=O) groups is 2. The van der Waals surface area contributed by atoms with Crippen molar-refractivity contribution >= 4 is 27.9 Å². The number of urea groups is 1. The number of ether oxygens (including phenoxy) is 2. The Balaban J connectivity index is 2.24. The van der Waals surface area contributed by atoms with Crippen molar-refractivity contribution in [2.24, 2.45) is 5.92 Å². The molecule has 1 aliphatic heterocycles. The second kappa shape index (κ2) is 7.21. The van der Waals surface area contributed by atoms with E-state index in [0.717, 1.165) is 4.47 Å². The highest BCUT2D eigenvalue weighted by molar-refractivity contribution is 9.10. The van der Waals surface area contributed by atoms with Crippen molar-refractivity contribution in [1.29, 1.82) is 0 Å². The zero-order valence-corrected chi connectivity index (χ0v) is 15.3. The second-order valence-electron chi connectivity index (χ2n) is 5.85. The van der Waals surface area contributed by atoms with Gasteiger partial charge in [-0.3, -0.25) is 9.69 Å². The third-order valence-corrected chi connectivity index (χ3v) is 4.32. The molecule has 1 aromatic rings. The Morgan fingerprint density at radius 2 is 1.87 bits per heavy atom. The summed E-state index contributed by atoms with van der Waals surface area (Å²) in [6.07, 6.45) is 0.627. The number of benzene rings is 1. The number of nitrogens with one attached hydrogen (secondary N) is 1. The number of rotatable bonds is 6. The van der Waals surface area contributed by atoms with Gasteiger partial charge in [-0.15, -0.1) is 0 Å². The molecule has 1 fully saturated rings. The first kappa shape index (κ1) is 17.6. The Bertz CT molecular complexity index is 618. The highest BCUT2D eigenvalue weighted by atomic mass is 79.9. The third kappa shape index (κ3) is 3.77. The summed E-state index contributed by atoms with van der Waals surface area (Å²) >= 11 is 3.39. The van der Waals surface area contributed by atoms with Crippen LogP contribution in [0.5, 0.6) is 11.5 Å². The second-order valence-corrected chi connectivity index (χ2v) is 6.71. The highest BCUT2D eigenvalue weighted by Gasteiger charge is 2.38. The average Bonchev–Trinajstić information content (AvgIpc) is 2.75. The van der Waals surface area contributed by atoms with Crippen LogP contribution in [-0.4, -0.2) is 37.1 Å². The first-order valence-corrected chi connectivity index (χ1v) is 8.19. The van der Waals surface area contributed by atoms with Crippen LogP contribution in [0, 0.1) is 5.92 Å². The number of hydrogen-bond acceptors (Lipinski definition) is 4. The minimum Gasteiger partial charge on any atom is -0.496 e. The van der Waals surface area contributed by atoms with Crippen LogP contribution in [0.1, 0.15) is 25.8 Å². The quantitative estimate of drug-likeness (QED) is 0.765. The average molecular weight is 385 g/mol. The van der Waals surface area contributed by atoms with Crippen LogP contribution in [0.25, 0.3) is 0 Å². The summed E-state index contributed by atoms with van der Waals surface area (Å²) < 4.78 is 11.4. The smallest absolute Gasteiger partial charge is 0.325 e. The zero-order valence-electron chi connectivity index (χ0n) is 13.7. The molecule has 2 rings (SSSR count). The van der Waals surface area contributed by atoms with E-state index in [2.05, 4.69) is 21.2 Å². The number of imide groups is 1. The standard InChI is InChI=1S/C16H21BrN2O4/c1-9(2)5-12-15(20)19(16(21)18-12)8-10-6-14(23-4)11(17)7-13(10)22-3/h6-7,9,12H,5,8H2,1-4H3,(H,18,21). The lowest BCUT2D eigenvalue weighted by molar-refractivity contribution is -0.128. The maximum atomic E-state index is 12.4. The molecule has 0 saturated carbocycles. The Hall–Kier alpha value is -1.76. The van der Waals surface area contributed by atoms with Crippen molar-refractivity contribution in [2.45, 2.75) is 32.9 Å².